The summed E-state index contributed by atoms with van der Waals surface area (Å²) in [6, 6.07) is 39.7. The summed E-state index contributed by atoms with van der Waals surface area (Å²) in [4.78, 5) is 0. The van der Waals surface area contributed by atoms with Crippen molar-refractivity contribution < 1.29 is 4.74 Å². The maximum absolute atomic E-state index is 6.37. The molecule has 1 heterocycles. The van der Waals surface area contributed by atoms with Crippen molar-refractivity contribution in [3.63, 3.8) is 0 Å². The summed E-state index contributed by atoms with van der Waals surface area (Å²) in [6.45, 7) is 6.08. The van der Waals surface area contributed by atoms with Crippen molar-refractivity contribution in [2.24, 2.45) is 0 Å². The molecule has 182 valence electrons. The minimum absolute atomic E-state index is 0.0415. The molecule has 1 heteroatoms. The average molecular weight is 489 g/mol. The van der Waals surface area contributed by atoms with E-state index in [2.05, 4.69) is 135 Å². The Bertz CT molecular complexity index is 1830. The van der Waals surface area contributed by atoms with Gasteiger partial charge in [-0.3, -0.25) is 0 Å². The van der Waals surface area contributed by atoms with E-state index in [1.807, 2.05) is 6.08 Å². The first kappa shape index (κ1) is 22.6. The molecule has 0 fully saturated rings. The lowest BCUT2D eigenvalue weighted by Crippen LogP contribution is -2.13. The third-order valence-electron chi connectivity index (χ3n) is 7.88. The molecule has 1 nitrogen and oxygen atoms in total. The molecule has 6 aromatic carbocycles. The zero-order valence-electron chi connectivity index (χ0n) is 21.4. The molecule has 0 spiro atoms. The summed E-state index contributed by atoms with van der Waals surface area (Å²) in [5.74, 6) is 1.15. The number of rotatable bonds is 4. The van der Waals surface area contributed by atoms with Gasteiger partial charge < -0.3 is 4.74 Å². The number of hydrogen-bond acceptors (Lipinski definition) is 1. The van der Waals surface area contributed by atoms with Gasteiger partial charge in [-0.25, -0.2) is 0 Å². The lowest BCUT2D eigenvalue weighted by Gasteiger charge is -2.18. The van der Waals surface area contributed by atoms with E-state index in [0.29, 0.717) is 0 Å². The Morgan fingerprint density at radius 3 is 1.79 bits per heavy atom. The predicted octanol–water partition coefficient (Wildman–Crippen LogP) is 10.1. The van der Waals surface area contributed by atoms with E-state index < -0.39 is 0 Å². The fourth-order valence-electron chi connectivity index (χ4n) is 6.17. The van der Waals surface area contributed by atoms with Crippen molar-refractivity contribution in [3.8, 4) is 28.0 Å². The zero-order valence-corrected chi connectivity index (χ0v) is 21.4. The van der Waals surface area contributed by atoms with E-state index in [9.17, 15) is 0 Å². The number of fused-ring (bicyclic) bond motifs is 4. The zero-order chi connectivity index (χ0) is 25.6. The monoisotopic (exact) mass is 488 g/mol. The SMILES string of the molecule is C=CC1Oc2cc(-c3c4ccccc4c(-c4ccc5ccccc5c4)c4ccccc34)ccc2C1/C=C\C. The van der Waals surface area contributed by atoms with E-state index in [1.165, 1.54) is 60.1 Å². The van der Waals surface area contributed by atoms with Crippen LogP contribution < -0.4 is 4.74 Å². The Hall–Kier alpha value is -4.62. The molecule has 0 saturated carbocycles. The molecule has 1 aliphatic heterocycles. The molecule has 38 heavy (non-hydrogen) atoms. The Labute approximate surface area is 223 Å². The molecule has 0 saturated heterocycles. The van der Waals surface area contributed by atoms with Crippen LogP contribution in [0.4, 0.5) is 0 Å². The van der Waals surface area contributed by atoms with Gasteiger partial charge in [0.05, 0.1) is 0 Å². The number of benzene rings is 6. The molecule has 0 amide bonds. The molecular weight excluding hydrogens is 460 g/mol. The van der Waals surface area contributed by atoms with Crippen LogP contribution in [0.15, 0.2) is 134 Å². The van der Waals surface area contributed by atoms with E-state index in [-0.39, 0.29) is 12.0 Å². The van der Waals surface area contributed by atoms with Crippen molar-refractivity contribution >= 4 is 32.3 Å². The summed E-state index contributed by atoms with van der Waals surface area (Å²) in [5, 5.41) is 7.52. The van der Waals surface area contributed by atoms with Crippen LogP contribution in [0.1, 0.15) is 18.4 Å². The highest BCUT2D eigenvalue weighted by molar-refractivity contribution is 6.21. The van der Waals surface area contributed by atoms with Gasteiger partial charge in [0.25, 0.3) is 0 Å². The summed E-state index contributed by atoms with van der Waals surface area (Å²) >= 11 is 0. The minimum atomic E-state index is -0.0415. The first-order chi connectivity index (χ1) is 18.8. The molecular formula is C37H28O. The Morgan fingerprint density at radius 1 is 0.632 bits per heavy atom. The fourth-order valence-corrected chi connectivity index (χ4v) is 6.17. The van der Waals surface area contributed by atoms with Gasteiger partial charge >= 0.3 is 0 Å². The first-order valence-corrected chi connectivity index (χ1v) is 13.3. The fraction of sp³-hybridized carbons (Fsp3) is 0.0811. The van der Waals surface area contributed by atoms with Gasteiger partial charge in [-0.1, -0.05) is 122 Å². The second-order valence-corrected chi connectivity index (χ2v) is 10.0. The quantitative estimate of drug-likeness (QED) is 0.177. The lowest BCUT2D eigenvalue weighted by molar-refractivity contribution is 0.270. The number of ether oxygens (including phenoxy) is 1. The Kier molecular flexibility index (Phi) is 5.37. The standard InChI is InChI=1S/C37H28O/c1-3-11-28-29-21-20-27(23-35(29)38-34(28)4-2)37-32-16-9-7-14-30(32)36(31-15-8-10-17-33(31)37)26-19-18-24-12-5-6-13-25(24)22-26/h3-23,28,34H,2H2,1H3/b11-3-. The maximum Gasteiger partial charge on any atom is 0.127 e. The Balaban J connectivity index is 1.51. The number of allylic oxidation sites excluding steroid dienone is 1. The lowest BCUT2D eigenvalue weighted by atomic mass is 9.85. The molecule has 0 bridgehead atoms. The molecule has 2 unspecified atom stereocenters. The molecule has 0 N–H and O–H groups in total. The highest BCUT2D eigenvalue weighted by atomic mass is 16.5. The number of hydrogen-bond donors (Lipinski definition) is 0. The van der Waals surface area contributed by atoms with Crippen molar-refractivity contribution in [2.45, 2.75) is 18.9 Å². The van der Waals surface area contributed by atoms with E-state index in [0.717, 1.165) is 5.75 Å². The minimum Gasteiger partial charge on any atom is -0.485 e. The maximum atomic E-state index is 6.37. The highest BCUT2D eigenvalue weighted by Crippen LogP contribution is 2.47. The van der Waals surface area contributed by atoms with Gasteiger partial charge in [0.15, 0.2) is 0 Å². The third-order valence-corrected chi connectivity index (χ3v) is 7.88. The molecule has 2 atom stereocenters. The second-order valence-electron chi connectivity index (χ2n) is 10.0. The van der Waals surface area contributed by atoms with Crippen LogP contribution in [-0.2, 0) is 0 Å². The highest BCUT2D eigenvalue weighted by Gasteiger charge is 2.31. The van der Waals surface area contributed by atoms with Crippen LogP contribution >= 0.6 is 0 Å². The second kappa shape index (κ2) is 9.04. The van der Waals surface area contributed by atoms with Crippen molar-refractivity contribution in [1.82, 2.24) is 0 Å². The van der Waals surface area contributed by atoms with Crippen molar-refractivity contribution in [3.05, 3.63) is 140 Å². The largest absolute Gasteiger partial charge is 0.485 e. The van der Waals surface area contributed by atoms with Crippen molar-refractivity contribution in [2.75, 3.05) is 0 Å². The van der Waals surface area contributed by atoms with E-state index in [1.54, 1.807) is 0 Å². The summed E-state index contributed by atoms with van der Waals surface area (Å²) < 4.78 is 6.37. The van der Waals surface area contributed by atoms with Gasteiger partial charge in [0.1, 0.15) is 11.9 Å². The molecule has 0 aliphatic carbocycles. The molecule has 0 aromatic heterocycles. The molecule has 7 rings (SSSR count). The van der Waals surface area contributed by atoms with Crippen LogP contribution in [0.3, 0.4) is 0 Å². The van der Waals surface area contributed by atoms with Crippen molar-refractivity contribution in [1.29, 1.82) is 0 Å². The van der Waals surface area contributed by atoms with Gasteiger partial charge in [-0.15, -0.1) is 0 Å². The van der Waals surface area contributed by atoms with Crippen LogP contribution in [0.25, 0.3) is 54.6 Å². The average Bonchev–Trinajstić information content (AvgIpc) is 3.32. The smallest absolute Gasteiger partial charge is 0.127 e. The van der Waals surface area contributed by atoms with Gasteiger partial charge in [0, 0.05) is 11.5 Å². The van der Waals surface area contributed by atoms with Gasteiger partial charge in [0.2, 0.25) is 0 Å². The van der Waals surface area contributed by atoms with Gasteiger partial charge in [-0.05, 0) is 73.6 Å². The molecule has 6 aromatic rings. The summed E-state index contributed by atoms with van der Waals surface area (Å²) in [5.41, 5.74) is 6.16. The molecule has 0 radical (unpaired) electrons. The predicted molar refractivity (Wildman–Crippen MR) is 162 cm³/mol. The van der Waals surface area contributed by atoms with E-state index >= 15 is 0 Å². The van der Waals surface area contributed by atoms with Gasteiger partial charge in [-0.2, -0.15) is 0 Å². The Morgan fingerprint density at radius 2 is 1.18 bits per heavy atom. The van der Waals surface area contributed by atoms with Crippen LogP contribution in [0.2, 0.25) is 0 Å². The van der Waals surface area contributed by atoms with Crippen LogP contribution in [0, 0.1) is 0 Å². The van der Waals surface area contributed by atoms with E-state index in [4.69, 9.17) is 4.74 Å². The summed E-state index contributed by atoms with van der Waals surface area (Å²) in [7, 11) is 0. The first-order valence-electron chi connectivity index (χ1n) is 13.3. The normalized spacial score (nSPS) is 16.8. The van der Waals surface area contributed by atoms with Crippen LogP contribution in [0.5, 0.6) is 5.75 Å². The van der Waals surface area contributed by atoms with Crippen LogP contribution in [-0.4, -0.2) is 6.10 Å². The third kappa shape index (κ3) is 3.47. The topological polar surface area (TPSA) is 9.23 Å². The summed E-state index contributed by atoms with van der Waals surface area (Å²) in [6.07, 6.45) is 6.18. The molecule has 1 aliphatic rings.